The molecule has 0 aliphatic carbocycles. The van der Waals surface area contributed by atoms with Gasteiger partial charge in [0.2, 0.25) is 0 Å². The van der Waals surface area contributed by atoms with Crippen molar-refractivity contribution in [3.63, 3.8) is 0 Å². The summed E-state index contributed by atoms with van der Waals surface area (Å²) < 4.78 is 31.7. The molecule has 20 heavy (non-hydrogen) atoms. The van der Waals surface area contributed by atoms with Crippen LogP contribution in [-0.4, -0.2) is 26.6 Å². The van der Waals surface area contributed by atoms with Crippen LogP contribution in [-0.2, 0) is 10.0 Å². The Morgan fingerprint density at radius 2 is 2.10 bits per heavy atom. The van der Waals surface area contributed by atoms with Gasteiger partial charge in [-0.05, 0) is 29.6 Å². The summed E-state index contributed by atoms with van der Waals surface area (Å²) in [5.41, 5.74) is 0.0514. The Kier molecular flexibility index (Phi) is 3.96. The van der Waals surface area contributed by atoms with Crippen LogP contribution in [0.25, 0.3) is 0 Å². The molecule has 0 amide bonds. The molecule has 106 valence electrons. The highest BCUT2D eigenvalue weighted by Gasteiger charge is 2.18. The highest BCUT2D eigenvalue weighted by molar-refractivity contribution is 7.94. The fraction of sp³-hybridized carbons (Fsp3) is 0.0833. The molecule has 0 unspecified atom stereocenters. The van der Waals surface area contributed by atoms with Crippen LogP contribution in [0.4, 0.5) is 5.69 Å². The molecular formula is C12H11NO5S2. The lowest BCUT2D eigenvalue weighted by atomic mass is 10.2. The Balaban J connectivity index is 2.42. The first-order valence-corrected chi connectivity index (χ1v) is 7.78. The van der Waals surface area contributed by atoms with Gasteiger partial charge in [-0.25, -0.2) is 13.2 Å². The summed E-state index contributed by atoms with van der Waals surface area (Å²) in [6, 6.07) is 7.02. The van der Waals surface area contributed by atoms with Crippen molar-refractivity contribution in [2.45, 2.75) is 4.21 Å². The van der Waals surface area contributed by atoms with E-state index >= 15 is 0 Å². The first-order chi connectivity index (χ1) is 9.44. The molecule has 0 fully saturated rings. The maximum Gasteiger partial charge on any atom is 0.335 e. The number of ether oxygens (including phenoxy) is 1. The SMILES string of the molecule is COc1ccc(C(=O)O)cc1NS(=O)(=O)c1cccs1. The van der Waals surface area contributed by atoms with Crippen LogP contribution < -0.4 is 9.46 Å². The highest BCUT2D eigenvalue weighted by Crippen LogP contribution is 2.29. The molecule has 0 atom stereocenters. The van der Waals surface area contributed by atoms with Crippen LogP contribution in [0.3, 0.4) is 0 Å². The van der Waals surface area contributed by atoms with Crippen molar-refractivity contribution in [1.29, 1.82) is 0 Å². The van der Waals surface area contributed by atoms with Gasteiger partial charge in [0.1, 0.15) is 9.96 Å². The van der Waals surface area contributed by atoms with Crippen molar-refractivity contribution in [3.05, 3.63) is 41.3 Å². The van der Waals surface area contributed by atoms with E-state index in [1.165, 1.54) is 31.4 Å². The minimum absolute atomic E-state index is 0.0327. The molecule has 6 nitrogen and oxygen atoms in total. The lowest BCUT2D eigenvalue weighted by molar-refractivity contribution is 0.0697. The molecule has 0 aliphatic heterocycles. The fourth-order valence-electron chi connectivity index (χ4n) is 1.53. The molecule has 1 heterocycles. The van der Waals surface area contributed by atoms with Gasteiger partial charge in [-0.15, -0.1) is 11.3 Å². The third-order valence-electron chi connectivity index (χ3n) is 2.45. The van der Waals surface area contributed by atoms with E-state index in [4.69, 9.17) is 9.84 Å². The predicted octanol–water partition coefficient (Wildman–Crippen LogP) is 2.26. The summed E-state index contributed by atoms with van der Waals surface area (Å²) in [7, 11) is -2.38. The molecule has 2 N–H and O–H groups in total. The lowest BCUT2D eigenvalue weighted by Gasteiger charge is -2.11. The quantitative estimate of drug-likeness (QED) is 0.883. The average molecular weight is 313 g/mol. The molecular weight excluding hydrogens is 302 g/mol. The van der Waals surface area contributed by atoms with Gasteiger partial charge in [0.05, 0.1) is 18.4 Å². The first kappa shape index (κ1) is 14.4. The number of methoxy groups -OCH3 is 1. The zero-order valence-electron chi connectivity index (χ0n) is 10.4. The number of carboxylic acids is 1. The molecule has 1 aromatic heterocycles. The number of aromatic carboxylic acids is 1. The van der Waals surface area contributed by atoms with E-state index in [1.54, 1.807) is 11.4 Å². The Labute approximate surface area is 119 Å². The summed E-state index contributed by atoms with van der Waals surface area (Å²) in [6.07, 6.45) is 0. The number of benzene rings is 1. The summed E-state index contributed by atoms with van der Waals surface area (Å²) in [6.45, 7) is 0. The predicted molar refractivity (Wildman–Crippen MR) is 75.1 cm³/mol. The monoisotopic (exact) mass is 313 g/mol. The molecule has 2 rings (SSSR count). The van der Waals surface area contributed by atoms with E-state index < -0.39 is 16.0 Å². The minimum atomic E-state index is -3.75. The van der Waals surface area contributed by atoms with E-state index in [-0.39, 0.29) is 21.2 Å². The summed E-state index contributed by atoms with van der Waals surface area (Å²) in [5, 5.41) is 10.6. The minimum Gasteiger partial charge on any atom is -0.495 e. The van der Waals surface area contributed by atoms with Gasteiger partial charge < -0.3 is 9.84 Å². The Bertz CT molecular complexity index is 722. The van der Waals surface area contributed by atoms with Crippen LogP contribution in [0.1, 0.15) is 10.4 Å². The highest BCUT2D eigenvalue weighted by atomic mass is 32.2. The van der Waals surface area contributed by atoms with Crippen molar-refractivity contribution in [1.82, 2.24) is 0 Å². The van der Waals surface area contributed by atoms with Crippen molar-refractivity contribution in [2.75, 3.05) is 11.8 Å². The summed E-state index contributed by atoms with van der Waals surface area (Å²) in [4.78, 5) is 10.9. The lowest BCUT2D eigenvalue weighted by Crippen LogP contribution is -2.13. The maximum absolute atomic E-state index is 12.1. The van der Waals surface area contributed by atoms with Crippen LogP contribution in [0, 0.1) is 0 Å². The number of anilines is 1. The summed E-state index contributed by atoms with van der Waals surface area (Å²) >= 11 is 1.07. The van der Waals surface area contributed by atoms with Crippen molar-refractivity contribution < 1.29 is 23.1 Å². The van der Waals surface area contributed by atoms with Crippen LogP contribution in [0.5, 0.6) is 5.75 Å². The zero-order chi connectivity index (χ0) is 14.8. The number of hydrogen-bond donors (Lipinski definition) is 2. The zero-order valence-corrected chi connectivity index (χ0v) is 12.0. The number of nitrogens with one attached hydrogen (secondary N) is 1. The molecule has 1 aromatic carbocycles. The average Bonchev–Trinajstić information content (AvgIpc) is 2.92. The molecule has 0 radical (unpaired) electrons. The van der Waals surface area contributed by atoms with Gasteiger partial charge in [-0.1, -0.05) is 6.07 Å². The molecule has 0 bridgehead atoms. The Morgan fingerprint density at radius 1 is 1.35 bits per heavy atom. The van der Waals surface area contributed by atoms with E-state index in [0.29, 0.717) is 0 Å². The second-order valence-electron chi connectivity index (χ2n) is 3.76. The largest absolute Gasteiger partial charge is 0.495 e. The smallest absolute Gasteiger partial charge is 0.335 e. The van der Waals surface area contributed by atoms with E-state index in [1.807, 2.05) is 0 Å². The van der Waals surface area contributed by atoms with Crippen molar-refractivity contribution in [3.8, 4) is 5.75 Å². The van der Waals surface area contributed by atoms with Crippen LogP contribution >= 0.6 is 11.3 Å². The van der Waals surface area contributed by atoms with Gasteiger partial charge in [0.15, 0.2) is 0 Å². The fourth-order valence-corrected chi connectivity index (χ4v) is 3.59. The van der Waals surface area contributed by atoms with Gasteiger partial charge >= 0.3 is 5.97 Å². The van der Waals surface area contributed by atoms with Crippen LogP contribution in [0.15, 0.2) is 39.9 Å². The molecule has 8 heteroatoms. The standard InChI is InChI=1S/C12H11NO5S2/c1-18-10-5-4-8(12(14)15)7-9(10)13-20(16,17)11-3-2-6-19-11/h2-7,13H,1H3,(H,14,15). The van der Waals surface area contributed by atoms with Gasteiger partial charge in [0, 0.05) is 0 Å². The number of carbonyl (C=O) groups is 1. The van der Waals surface area contributed by atoms with E-state index in [9.17, 15) is 13.2 Å². The normalized spacial score (nSPS) is 11.1. The van der Waals surface area contributed by atoms with Crippen molar-refractivity contribution >= 4 is 33.0 Å². The number of thiophene rings is 1. The maximum atomic E-state index is 12.1. The number of carboxylic acid groups (broad SMARTS) is 1. The van der Waals surface area contributed by atoms with Gasteiger partial charge in [-0.3, -0.25) is 4.72 Å². The van der Waals surface area contributed by atoms with Gasteiger partial charge in [-0.2, -0.15) is 0 Å². The molecule has 0 spiro atoms. The van der Waals surface area contributed by atoms with Crippen molar-refractivity contribution in [2.24, 2.45) is 0 Å². The number of rotatable bonds is 5. The molecule has 0 aliphatic rings. The van der Waals surface area contributed by atoms with E-state index in [0.717, 1.165) is 11.3 Å². The third-order valence-corrected chi connectivity index (χ3v) is 5.21. The summed E-state index contributed by atoms with van der Waals surface area (Å²) in [5.74, 6) is -0.903. The van der Waals surface area contributed by atoms with Gasteiger partial charge in [0.25, 0.3) is 10.0 Å². The topological polar surface area (TPSA) is 92.7 Å². The van der Waals surface area contributed by atoms with Crippen LogP contribution in [0.2, 0.25) is 0 Å². The number of hydrogen-bond acceptors (Lipinski definition) is 5. The number of sulfonamides is 1. The molecule has 0 saturated carbocycles. The second-order valence-corrected chi connectivity index (χ2v) is 6.61. The van der Waals surface area contributed by atoms with E-state index in [2.05, 4.69) is 4.72 Å². The second kappa shape index (κ2) is 5.51. The third kappa shape index (κ3) is 2.91. The molecule has 0 saturated heterocycles. The first-order valence-electron chi connectivity index (χ1n) is 5.41. The Hall–Kier alpha value is -2.06. The Morgan fingerprint density at radius 3 is 2.65 bits per heavy atom. The molecule has 2 aromatic rings.